The van der Waals surface area contributed by atoms with Gasteiger partial charge in [0.1, 0.15) is 0 Å². The maximum Gasteiger partial charge on any atom is 0.241 e. The van der Waals surface area contributed by atoms with Gasteiger partial charge in [0.15, 0.2) is 0 Å². The Kier molecular flexibility index (Phi) is 5.51. The largest absolute Gasteiger partial charge is 0.325 e. The first-order valence-corrected chi connectivity index (χ1v) is 7.64. The summed E-state index contributed by atoms with van der Waals surface area (Å²) in [6, 6.07) is 16.8. The van der Waals surface area contributed by atoms with E-state index >= 15 is 0 Å². The molecule has 0 unspecified atom stereocenters. The van der Waals surface area contributed by atoms with Gasteiger partial charge in [-0.05, 0) is 56.2 Å². The highest BCUT2D eigenvalue weighted by molar-refractivity contribution is 5.94. The number of nitrogens with zero attached hydrogens (tertiary/aromatic N) is 1. The van der Waals surface area contributed by atoms with Crippen LogP contribution in [0.3, 0.4) is 0 Å². The average Bonchev–Trinajstić information content (AvgIpc) is 2.55. The van der Waals surface area contributed by atoms with Crippen molar-refractivity contribution in [3.63, 3.8) is 0 Å². The first-order chi connectivity index (χ1) is 11.0. The van der Waals surface area contributed by atoms with Crippen LogP contribution in [0.1, 0.15) is 36.6 Å². The zero-order valence-corrected chi connectivity index (χ0v) is 13.6. The molecule has 0 aromatic heterocycles. The van der Waals surface area contributed by atoms with Crippen molar-refractivity contribution in [1.82, 2.24) is 5.32 Å². The Hall–Kier alpha value is -2.64. The lowest BCUT2D eigenvalue weighted by Gasteiger charge is -2.21. The lowest BCUT2D eigenvalue weighted by Crippen LogP contribution is -2.39. The molecule has 1 amide bonds. The molecule has 0 spiro atoms. The first-order valence-electron chi connectivity index (χ1n) is 7.64. The summed E-state index contributed by atoms with van der Waals surface area (Å²) in [6.45, 7) is 5.95. The smallest absolute Gasteiger partial charge is 0.241 e. The van der Waals surface area contributed by atoms with Crippen LogP contribution in [0, 0.1) is 18.3 Å². The summed E-state index contributed by atoms with van der Waals surface area (Å²) in [7, 11) is 0. The minimum absolute atomic E-state index is 0.0814. The Morgan fingerprint density at radius 1 is 1.09 bits per heavy atom. The van der Waals surface area contributed by atoms with Gasteiger partial charge in [0, 0.05) is 11.7 Å². The number of nitriles is 1. The third kappa shape index (κ3) is 4.41. The molecule has 23 heavy (non-hydrogen) atoms. The van der Waals surface area contributed by atoms with Crippen LogP contribution in [0.4, 0.5) is 5.69 Å². The summed E-state index contributed by atoms with van der Waals surface area (Å²) < 4.78 is 0. The van der Waals surface area contributed by atoms with E-state index in [2.05, 4.69) is 35.8 Å². The number of anilines is 1. The maximum atomic E-state index is 12.3. The third-order valence-corrected chi connectivity index (χ3v) is 3.83. The number of hydrogen-bond acceptors (Lipinski definition) is 3. The van der Waals surface area contributed by atoms with Crippen molar-refractivity contribution in [2.24, 2.45) is 0 Å². The van der Waals surface area contributed by atoms with Crippen molar-refractivity contribution in [3.05, 3.63) is 65.2 Å². The van der Waals surface area contributed by atoms with E-state index in [1.54, 1.807) is 24.3 Å². The van der Waals surface area contributed by atoms with Gasteiger partial charge in [0.25, 0.3) is 0 Å². The van der Waals surface area contributed by atoms with Gasteiger partial charge in [-0.15, -0.1) is 0 Å². The summed E-state index contributed by atoms with van der Waals surface area (Å²) in [5.41, 5.74) is 3.64. The number of rotatable bonds is 5. The fraction of sp³-hybridized carbons (Fsp3) is 0.263. The Balaban J connectivity index is 1.97. The van der Waals surface area contributed by atoms with E-state index in [1.807, 2.05) is 26.0 Å². The number of carbonyl (C=O) groups excluding carboxylic acids is 1. The second kappa shape index (κ2) is 7.57. The summed E-state index contributed by atoms with van der Waals surface area (Å²) in [5.74, 6) is -0.102. The van der Waals surface area contributed by atoms with Crippen molar-refractivity contribution in [1.29, 1.82) is 5.26 Å². The molecule has 4 heteroatoms. The van der Waals surface area contributed by atoms with Crippen LogP contribution < -0.4 is 10.6 Å². The number of carbonyl (C=O) groups is 1. The van der Waals surface area contributed by atoms with Gasteiger partial charge in [-0.3, -0.25) is 10.1 Å². The van der Waals surface area contributed by atoms with Gasteiger partial charge >= 0.3 is 0 Å². The van der Waals surface area contributed by atoms with Crippen molar-refractivity contribution >= 4 is 11.6 Å². The van der Waals surface area contributed by atoms with Crippen LogP contribution in [0.25, 0.3) is 0 Å². The molecule has 0 aliphatic heterocycles. The van der Waals surface area contributed by atoms with E-state index in [0.717, 1.165) is 0 Å². The van der Waals surface area contributed by atoms with Gasteiger partial charge in [0.05, 0.1) is 17.7 Å². The molecule has 0 saturated carbocycles. The van der Waals surface area contributed by atoms with Crippen LogP contribution in [-0.2, 0) is 4.79 Å². The van der Waals surface area contributed by atoms with E-state index in [9.17, 15) is 4.79 Å². The van der Waals surface area contributed by atoms with Crippen LogP contribution >= 0.6 is 0 Å². The molecule has 0 bridgehead atoms. The van der Waals surface area contributed by atoms with Gasteiger partial charge in [-0.2, -0.15) is 5.26 Å². The van der Waals surface area contributed by atoms with E-state index in [-0.39, 0.29) is 18.0 Å². The van der Waals surface area contributed by atoms with Crippen molar-refractivity contribution < 1.29 is 4.79 Å². The average molecular weight is 307 g/mol. The minimum Gasteiger partial charge on any atom is -0.325 e. The van der Waals surface area contributed by atoms with Crippen LogP contribution in [0.5, 0.6) is 0 Å². The summed E-state index contributed by atoms with van der Waals surface area (Å²) >= 11 is 0. The second-order valence-electron chi connectivity index (χ2n) is 5.65. The molecule has 2 rings (SSSR count). The number of amides is 1. The number of aryl methyl sites for hydroxylation is 1. The highest BCUT2D eigenvalue weighted by Gasteiger charge is 2.17. The van der Waals surface area contributed by atoms with Crippen LogP contribution in [0.15, 0.2) is 48.5 Å². The molecule has 0 fully saturated rings. The molecular formula is C19H21N3O. The fourth-order valence-electron chi connectivity index (χ4n) is 2.49. The standard InChI is InChI=1S/C19H21N3O/c1-13-6-4-5-7-18(13)14(2)21-15(3)19(23)22-17-10-8-16(12-20)9-11-17/h4-11,14-15,21H,1-3H3,(H,22,23)/t14-,15+/m1/s1. The topological polar surface area (TPSA) is 64.9 Å². The SMILES string of the molecule is Cc1ccccc1[C@@H](C)N[C@@H](C)C(=O)Nc1ccc(C#N)cc1. The minimum atomic E-state index is -0.333. The zero-order chi connectivity index (χ0) is 16.8. The lowest BCUT2D eigenvalue weighted by molar-refractivity contribution is -0.117. The summed E-state index contributed by atoms with van der Waals surface area (Å²) in [5, 5.41) is 14.9. The van der Waals surface area contributed by atoms with Crippen LogP contribution in [0.2, 0.25) is 0 Å². The molecule has 2 N–H and O–H groups in total. The second-order valence-corrected chi connectivity index (χ2v) is 5.65. The summed E-state index contributed by atoms with van der Waals surface area (Å²) in [4.78, 5) is 12.3. The number of benzene rings is 2. The van der Waals surface area contributed by atoms with E-state index in [1.165, 1.54) is 11.1 Å². The third-order valence-electron chi connectivity index (χ3n) is 3.83. The fourth-order valence-corrected chi connectivity index (χ4v) is 2.49. The molecular weight excluding hydrogens is 286 g/mol. The van der Waals surface area contributed by atoms with Crippen molar-refractivity contribution in [3.8, 4) is 6.07 Å². The zero-order valence-electron chi connectivity index (χ0n) is 13.6. The highest BCUT2D eigenvalue weighted by atomic mass is 16.2. The molecule has 2 aromatic carbocycles. The number of hydrogen-bond donors (Lipinski definition) is 2. The highest BCUT2D eigenvalue weighted by Crippen LogP contribution is 2.17. The van der Waals surface area contributed by atoms with Crippen LogP contribution in [-0.4, -0.2) is 11.9 Å². The number of nitrogens with one attached hydrogen (secondary N) is 2. The monoisotopic (exact) mass is 307 g/mol. The quantitative estimate of drug-likeness (QED) is 0.888. The predicted octanol–water partition coefficient (Wildman–Crippen LogP) is 3.54. The molecule has 0 aliphatic carbocycles. The van der Waals surface area contributed by atoms with Gasteiger partial charge in [-0.25, -0.2) is 0 Å². The molecule has 0 radical (unpaired) electrons. The maximum absolute atomic E-state index is 12.3. The molecule has 4 nitrogen and oxygen atoms in total. The lowest BCUT2D eigenvalue weighted by atomic mass is 10.0. The Morgan fingerprint density at radius 2 is 1.74 bits per heavy atom. The molecule has 2 atom stereocenters. The van der Waals surface area contributed by atoms with Gasteiger partial charge in [0.2, 0.25) is 5.91 Å². The predicted molar refractivity (Wildman–Crippen MR) is 92.0 cm³/mol. The molecule has 0 saturated heterocycles. The first kappa shape index (κ1) is 16.7. The normalized spacial score (nSPS) is 13.0. The Labute approximate surface area is 137 Å². The van der Waals surface area contributed by atoms with E-state index < -0.39 is 0 Å². The van der Waals surface area contributed by atoms with Crippen molar-refractivity contribution in [2.75, 3.05) is 5.32 Å². The van der Waals surface area contributed by atoms with Gasteiger partial charge < -0.3 is 5.32 Å². The molecule has 0 heterocycles. The van der Waals surface area contributed by atoms with E-state index in [4.69, 9.17) is 5.26 Å². The molecule has 118 valence electrons. The molecule has 2 aromatic rings. The van der Waals surface area contributed by atoms with Crippen molar-refractivity contribution in [2.45, 2.75) is 32.9 Å². The Morgan fingerprint density at radius 3 is 2.35 bits per heavy atom. The van der Waals surface area contributed by atoms with Gasteiger partial charge in [-0.1, -0.05) is 24.3 Å². The van der Waals surface area contributed by atoms with E-state index in [0.29, 0.717) is 11.3 Å². The summed E-state index contributed by atoms with van der Waals surface area (Å²) in [6.07, 6.45) is 0. The molecule has 0 aliphatic rings. The Bertz CT molecular complexity index is 716.